The second-order valence-electron chi connectivity index (χ2n) is 3.65. The summed E-state index contributed by atoms with van der Waals surface area (Å²) in [6, 6.07) is 3.98. The number of fused-ring (bicyclic) bond motifs is 1. The van der Waals surface area contributed by atoms with Crippen LogP contribution in [0.2, 0.25) is 0 Å². The lowest BCUT2D eigenvalue weighted by Crippen LogP contribution is -1.80. The molecule has 3 rings (SSSR count). The van der Waals surface area contributed by atoms with Gasteiger partial charge in [-0.2, -0.15) is 0 Å². The highest BCUT2D eigenvalue weighted by Gasteiger charge is 2.08. The minimum Gasteiger partial charge on any atom is -0.336 e. The van der Waals surface area contributed by atoms with Crippen molar-refractivity contribution in [1.29, 1.82) is 0 Å². The number of aromatic amines is 1. The highest BCUT2D eigenvalue weighted by molar-refractivity contribution is 7.14. The molecular formula is C11H10N4S. The summed E-state index contributed by atoms with van der Waals surface area (Å²) in [5.41, 5.74) is 2.71. The third-order valence-electron chi connectivity index (χ3n) is 2.34. The highest BCUT2D eigenvalue weighted by atomic mass is 32.1. The van der Waals surface area contributed by atoms with Crippen molar-refractivity contribution in [3.8, 4) is 10.7 Å². The van der Waals surface area contributed by atoms with E-state index in [2.05, 4.69) is 19.9 Å². The van der Waals surface area contributed by atoms with Crippen LogP contribution in [0.5, 0.6) is 0 Å². The first kappa shape index (κ1) is 9.47. The van der Waals surface area contributed by atoms with E-state index in [1.807, 2.05) is 32.2 Å². The van der Waals surface area contributed by atoms with Gasteiger partial charge < -0.3 is 4.98 Å². The van der Waals surface area contributed by atoms with Crippen LogP contribution in [0.25, 0.3) is 21.9 Å². The van der Waals surface area contributed by atoms with Gasteiger partial charge in [-0.1, -0.05) is 0 Å². The number of rotatable bonds is 1. The summed E-state index contributed by atoms with van der Waals surface area (Å²) >= 11 is 1.63. The standard InChI is InChI=1S/C11H10N4S/c1-6-3-4-8-10(13-6)15-11(14-8)9-5-12-7(2)16-9/h3-5H,1-2H3,(H,13,14,15). The summed E-state index contributed by atoms with van der Waals surface area (Å²) in [4.78, 5) is 17.3. The predicted molar refractivity (Wildman–Crippen MR) is 64.5 cm³/mol. The van der Waals surface area contributed by atoms with Gasteiger partial charge in [0.25, 0.3) is 0 Å². The molecule has 3 aromatic rings. The number of H-pyrrole nitrogens is 1. The SMILES string of the molecule is Cc1ccc2[nH]c(-c3cnc(C)s3)nc2n1. The van der Waals surface area contributed by atoms with Crippen LogP contribution >= 0.6 is 11.3 Å². The van der Waals surface area contributed by atoms with E-state index in [4.69, 9.17) is 0 Å². The molecule has 3 heterocycles. The maximum Gasteiger partial charge on any atom is 0.178 e. The fourth-order valence-electron chi connectivity index (χ4n) is 1.57. The Labute approximate surface area is 96.4 Å². The Morgan fingerprint density at radius 2 is 2.06 bits per heavy atom. The van der Waals surface area contributed by atoms with Gasteiger partial charge in [-0.05, 0) is 26.0 Å². The topological polar surface area (TPSA) is 54.5 Å². The first-order chi connectivity index (χ1) is 7.72. The van der Waals surface area contributed by atoms with Crippen molar-refractivity contribution in [2.75, 3.05) is 0 Å². The van der Waals surface area contributed by atoms with Crippen molar-refractivity contribution < 1.29 is 0 Å². The molecule has 0 aliphatic rings. The molecule has 0 saturated heterocycles. The molecule has 0 fully saturated rings. The first-order valence-electron chi connectivity index (χ1n) is 4.98. The number of nitrogens with one attached hydrogen (secondary N) is 1. The molecule has 5 heteroatoms. The van der Waals surface area contributed by atoms with Crippen molar-refractivity contribution in [1.82, 2.24) is 19.9 Å². The van der Waals surface area contributed by atoms with E-state index >= 15 is 0 Å². The summed E-state index contributed by atoms with van der Waals surface area (Å²) in [5, 5.41) is 1.04. The van der Waals surface area contributed by atoms with Gasteiger partial charge in [-0.15, -0.1) is 11.3 Å². The van der Waals surface area contributed by atoms with Crippen molar-refractivity contribution in [3.63, 3.8) is 0 Å². The van der Waals surface area contributed by atoms with E-state index in [9.17, 15) is 0 Å². The fraction of sp³-hybridized carbons (Fsp3) is 0.182. The number of nitrogens with zero attached hydrogens (tertiary/aromatic N) is 3. The molecule has 0 bridgehead atoms. The molecule has 0 amide bonds. The average Bonchev–Trinajstić information content (AvgIpc) is 2.83. The Morgan fingerprint density at radius 3 is 2.81 bits per heavy atom. The van der Waals surface area contributed by atoms with Gasteiger partial charge in [-0.3, -0.25) is 0 Å². The maximum absolute atomic E-state index is 4.46. The molecule has 0 unspecified atom stereocenters. The molecule has 16 heavy (non-hydrogen) atoms. The summed E-state index contributed by atoms with van der Waals surface area (Å²) in [7, 11) is 0. The molecule has 0 aliphatic heterocycles. The van der Waals surface area contributed by atoms with Crippen molar-refractivity contribution in [3.05, 3.63) is 29.0 Å². The Morgan fingerprint density at radius 1 is 1.19 bits per heavy atom. The number of aromatic nitrogens is 4. The largest absolute Gasteiger partial charge is 0.336 e. The lowest BCUT2D eigenvalue weighted by Gasteiger charge is -1.88. The van der Waals surface area contributed by atoms with E-state index in [1.165, 1.54) is 0 Å². The predicted octanol–water partition coefficient (Wildman–Crippen LogP) is 2.70. The summed E-state index contributed by atoms with van der Waals surface area (Å²) in [6.45, 7) is 3.95. The Bertz CT molecular complexity index is 653. The quantitative estimate of drug-likeness (QED) is 0.699. The second kappa shape index (κ2) is 3.38. The number of hydrogen-bond donors (Lipinski definition) is 1. The zero-order valence-corrected chi connectivity index (χ0v) is 9.80. The second-order valence-corrected chi connectivity index (χ2v) is 4.89. The van der Waals surface area contributed by atoms with Gasteiger partial charge in [0.2, 0.25) is 0 Å². The molecule has 80 valence electrons. The molecule has 0 aromatic carbocycles. The third kappa shape index (κ3) is 1.49. The number of thiazole rings is 1. The fourth-order valence-corrected chi connectivity index (χ4v) is 2.30. The van der Waals surface area contributed by atoms with Crippen molar-refractivity contribution in [2.45, 2.75) is 13.8 Å². The van der Waals surface area contributed by atoms with E-state index in [1.54, 1.807) is 11.3 Å². The van der Waals surface area contributed by atoms with Crippen LogP contribution in [0, 0.1) is 13.8 Å². The van der Waals surface area contributed by atoms with Gasteiger partial charge in [0.05, 0.1) is 15.4 Å². The molecular weight excluding hydrogens is 220 g/mol. The summed E-state index contributed by atoms with van der Waals surface area (Å²) in [5.74, 6) is 0.846. The monoisotopic (exact) mass is 230 g/mol. The third-order valence-corrected chi connectivity index (χ3v) is 3.26. The average molecular weight is 230 g/mol. The highest BCUT2D eigenvalue weighted by Crippen LogP contribution is 2.24. The van der Waals surface area contributed by atoms with E-state index in [0.717, 1.165) is 32.6 Å². The molecule has 0 spiro atoms. The van der Waals surface area contributed by atoms with E-state index in [-0.39, 0.29) is 0 Å². The van der Waals surface area contributed by atoms with Gasteiger partial charge in [0, 0.05) is 11.9 Å². The van der Waals surface area contributed by atoms with Crippen molar-refractivity contribution in [2.24, 2.45) is 0 Å². The van der Waals surface area contributed by atoms with Crippen LogP contribution in [-0.4, -0.2) is 19.9 Å². The zero-order chi connectivity index (χ0) is 11.1. The van der Waals surface area contributed by atoms with Crippen molar-refractivity contribution >= 4 is 22.5 Å². The zero-order valence-electron chi connectivity index (χ0n) is 8.98. The molecule has 0 saturated carbocycles. The number of aryl methyl sites for hydroxylation is 2. The summed E-state index contributed by atoms with van der Waals surface area (Å²) in [6.07, 6.45) is 1.84. The molecule has 1 N–H and O–H groups in total. The lowest BCUT2D eigenvalue weighted by molar-refractivity contribution is 1.22. The van der Waals surface area contributed by atoms with Gasteiger partial charge in [-0.25, -0.2) is 15.0 Å². The lowest BCUT2D eigenvalue weighted by atomic mass is 10.4. The van der Waals surface area contributed by atoms with Crippen LogP contribution in [0.4, 0.5) is 0 Å². The van der Waals surface area contributed by atoms with Crippen LogP contribution < -0.4 is 0 Å². The van der Waals surface area contributed by atoms with Gasteiger partial charge in [0.15, 0.2) is 11.5 Å². The first-order valence-corrected chi connectivity index (χ1v) is 5.80. The van der Waals surface area contributed by atoms with Crippen LogP contribution in [-0.2, 0) is 0 Å². The smallest absolute Gasteiger partial charge is 0.178 e. The Hall–Kier alpha value is -1.75. The number of imidazole rings is 1. The number of hydrogen-bond acceptors (Lipinski definition) is 4. The molecule has 4 nitrogen and oxygen atoms in total. The molecule has 0 atom stereocenters. The van der Waals surface area contributed by atoms with Crippen LogP contribution in [0.3, 0.4) is 0 Å². The Balaban J connectivity index is 2.18. The Kier molecular flexibility index (Phi) is 2.00. The normalized spacial score (nSPS) is 11.1. The minimum atomic E-state index is 0.765. The van der Waals surface area contributed by atoms with E-state index < -0.39 is 0 Å². The minimum absolute atomic E-state index is 0.765. The molecule has 0 aliphatic carbocycles. The summed E-state index contributed by atoms with van der Waals surface area (Å²) < 4.78 is 0. The molecule has 3 aromatic heterocycles. The van der Waals surface area contributed by atoms with E-state index in [0.29, 0.717) is 0 Å². The van der Waals surface area contributed by atoms with Crippen LogP contribution in [0.15, 0.2) is 18.3 Å². The van der Waals surface area contributed by atoms with Gasteiger partial charge in [0.1, 0.15) is 0 Å². The van der Waals surface area contributed by atoms with Crippen LogP contribution in [0.1, 0.15) is 10.7 Å². The maximum atomic E-state index is 4.46. The van der Waals surface area contributed by atoms with Gasteiger partial charge >= 0.3 is 0 Å². The molecule has 0 radical (unpaired) electrons. The number of pyridine rings is 1.